The van der Waals surface area contributed by atoms with Crippen LogP contribution in [-0.4, -0.2) is 4.40 Å². The molecule has 1 nitrogen and oxygen atoms in total. The predicted molar refractivity (Wildman–Crippen MR) is 148 cm³/mol. The summed E-state index contributed by atoms with van der Waals surface area (Å²) >= 11 is 0. The van der Waals surface area contributed by atoms with Gasteiger partial charge in [-0.3, -0.25) is 0 Å². The summed E-state index contributed by atoms with van der Waals surface area (Å²) in [5.74, 6) is 0. The van der Waals surface area contributed by atoms with E-state index in [1.165, 1.54) is 82.2 Å². The Morgan fingerprint density at radius 3 is 2.00 bits per heavy atom. The fraction of sp³-hybridized carbons (Fsp3) is 0. The van der Waals surface area contributed by atoms with E-state index in [4.69, 9.17) is 0 Å². The van der Waals surface area contributed by atoms with Crippen molar-refractivity contribution in [3.8, 4) is 33.4 Å². The smallest absolute Gasteiger partial charge is 0.0620 e. The first-order chi connectivity index (χ1) is 17.4. The Morgan fingerprint density at radius 2 is 1.09 bits per heavy atom. The van der Waals surface area contributed by atoms with Crippen LogP contribution in [0.1, 0.15) is 0 Å². The highest BCUT2D eigenvalue weighted by Crippen LogP contribution is 2.49. The summed E-state index contributed by atoms with van der Waals surface area (Å²) in [6, 6.07) is 42.7. The molecule has 0 saturated heterocycles. The molecular formula is C34H19N. The summed E-state index contributed by atoms with van der Waals surface area (Å²) in [6.07, 6.45) is 0. The molecule has 35 heavy (non-hydrogen) atoms. The molecule has 0 radical (unpaired) electrons. The van der Waals surface area contributed by atoms with E-state index in [0.29, 0.717) is 0 Å². The Labute approximate surface area is 201 Å². The summed E-state index contributed by atoms with van der Waals surface area (Å²) < 4.78 is 2.46. The van der Waals surface area contributed by atoms with Crippen molar-refractivity contribution in [3.63, 3.8) is 0 Å². The van der Waals surface area contributed by atoms with Crippen LogP contribution in [0.25, 0.3) is 82.2 Å². The lowest BCUT2D eigenvalue weighted by Gasteiger charge is -2.09. The molecule has 2 heterocycles. The van der Waals surface area contributed by atoms with Gasteiger partial charge < -0.3 is 4.40 Å². The van der Waals surface area contributed by atoms with E-state index in [1.807, 2.05) is 0 Å². The molecule has 0 unspecified atom stereocenters. The molecule has 6 aromatic carbocycles. The second-order valence-electron chi connectivity index (χ2n) is 9.72. The van der Waals surface area contributed by atoms with Crippen molar-refractivity contribution in [2.24, 2.45) is 0 Å². The first-order valence-corrected chi connectivity index (χ1v) is 12.2. The maximum atomic E-state index is 2.46. The molecule has 0 bridgehead atoms. The van der Waals surface area contributed by atoms with Crippen LogP contribution < -0.4 is 0 Å². The number of hydrogen-bond donors (Lipinski definition) is 0. The first kappa shape index (κ1) is 17.8. The average molecular weight is 442 g/mol. The Balaban J connectivity index is 1.39. The van der Waals surface area contributed by atoms with Crippen molar-refractivity contribution < 1.29 is 0 Å². The number of hydrogen-bond acceptors (Lipinski definition) is 0. The summed E-state index contributed by atoms with van der Waals surface area (Å²) in [5, 5.41) is 8.02. The van der Waals surface area contributed by atoms with Crippen LogP contribution in [0.2, 0.25) is 0 Å². The Hall–Kier alpha value is -4.62. The zero-order valence-electron chi connectivity index (χ0n) is 18.9. The van der Waals surface area contributed by atoms with Crippen LogP contribution in [0, 0.1) is 0 Å². The molecule has 9 rings (SSSR count). The Morgan fingerprint density at radius 1 is 0.400 bits per heavy atom. The van der Waals surface area contributed by atoms with Gasteiger partial charge in [0.2, 0.25) is 0 Å². The molecule has 0 amide bonds. The van der Waals surface area contributed by atoms with Gasteiger partial charge in [-0.05, 0) is 62.4 Å². The second-order valence-corrected chi connectivity index (χ2v) is 9.72. The normalized spacial score (nSPS) is 12.6. The van der Waals surface area contributed by atoms with Crippen molar-refractivity contribution in [2.45, 2.75) is 0 Å². The van der Waals surface area contributed by atoms with Crippen LogP contribution in [0.3, 0.4) is 0 Å². The third-order valence-corrected chi connectivity index (χ3v) is 8.06. The van der Waals surface area contributed by atoms with Crippen LogP contribution in [0.4, 0.5) is 0 Å². The van der Waals surface area contributed by atoms with E-state index >= 15 is 0 Å². The van der Waals surface area contributed by atoms with E-state index in [9.17, 15) is 0 Å². The summed E-state index contributed by atoms with van der Waals surface area (Å²) in [4.78, 5) is 0. The minimum absolute atomic E-state index is 1.28. The van der Waals surface area contributed by atoms with Gasteiger partial charge in [-0.1, -0.05) is 97.1 Å². The first-order valence-electron chi connectivity index (χ1n) is 12.2. The molecular weight excluding hydrogens is 422 g/mol. The topological polar surface area (TPSA) is 4.41 Å². The van der Waals surface area contributed by atoms with Gasteiger partial charge in [0.25, 0.3) is 0 Å². The number of rotatable bonds is 1. The lowest BCUT2D eigenvalue weighted by Crippen LogP contribution is -1.84. The molecule has 2 aromatic heterocycles. The Bertz CT molecular complexity index is 2150. The maximum absolute atomic E-state index is 2.46. The number of para-hydroxylation sites is 2. The predicted octanol–water partition coefficient (Wildman–Crippen LogP) is 9.30. The fourth-order valence-corrected chi connectivity index (χ4v) is 6.68. The van der Waals surface area contributed by atoms with E-state index in [2.05, 4.69) is 120 Å². The molecule has 0 saturated carbocycles. The van der Waals surface area contributed by atoms with Crippen molar-refractivity contribution >= 4 is 48.9 Å². The molecule has 1 aliphatic rings. The van der Waals surface area contributed by atoms with Crippen LogP contribution >= 0.6 is 0 Å². The van der Waals surface area contributed by atoms with Crippen LogP contribution in [0.15, 0.2) is 115 Å². The highest BCUT2D eigenvalue weighted by atomic mass is 14.9. The Kier molecular flexibility index (Phi) is 3.09. The standard InChI is InChI=1S/C34H19N/c1-2-15-30-24(9-1)27-13-5-14-28-33-22(10-6-16-31(33)35(30)34(27)28)21-17-18-23-25-11-3-7-20-8-4-12-26(32(20)25)29(23)19-21/h1-19H. The third-order valence-electron chi connectivity index (χ3n) is 8.06. The van der Waals surface area contributed by atoms with Crippen molar-refractivity contribution in [2.75, 3.05) is 0 Å². The number of benzene rings is 6. The molecule has 0 fully saturated rings. The molecule has 8 aromatic rings. The quantitative estimate of drug-likeness (QED) is 0.239. The molecule has 160 valence electrons. The highest BCUT2D eigenvalue weighted by molar-refractivity contribution is 6.26. The van der Waals surface area contributed by atoms with Gasteiger partial charge in [0.15, 0.2) is 0 Å². The van der Waals surface area contributed by atoms with Crippen molar-refractivity contribution in [3.05, 3.63) is 115 Å². The molecule has 1 heteroatoms. The van der Waals surface area contributed by atoms with Crippen LogP contribution in [-0.2, 0) is 0 Å². The number of nitrogens with zero attached hydrogens (tertiary/aromatic N) is 1. The lowest BCUT2D eigenvalue weighted by atomic mass is 9.94. The highest BCUT2D eigenvalue weighted by Gasteiger charge is 2.23. The van der Waals surface area contributed by atoms with Crippen molar-refractivity contribution in [1.29, 1.82) is 0 Å². The zero-order valence-corrected chi connectivity index (χ0v) is 18.9. The minimum Gasteiger partial charge on any atom is -0.308 e. The maximum Gasteiger partial charge on any atom is 0.0620 e. The molecule has 0 spiro atoms. The largest absolute Gasteiger partial charge is 0.308 e. The summed E-state index contributed by atoms with van der Waals surface area (Å²) in [7, 11) is 0. The van der Waals surface area contributed by atoms with Gasteiger partial charge in [0, 0.05) is 21.5 Å². The third kappa shape index (κ3) is 2.06. The van der Waals surface area contributed by atoms with E-state index in [-0.39, 0.29) is 0 Å². The van der Waals surface area contributed by atoms with Gasteiger partial charge >= 0.3 is 0 Å². The molecule has 0 aliphatic heterocycles. The van der Waals surface area contributed by atoms with Gasteiger partial charge in [-0.25, -0.2) is 0 Å². The van der Waals surface area contributed by atoms with Gasteiger partial charge in [-0.15, -0.1) is 0 Å². The summed E-state index contributed by atoms with van der Waals surface area (Å²) in [6.45, 7) is 0. The van der Waals surface area contributed by atoms with Crippen molar-refractivity contribution in [1.82, 2.24) is 4.40 Å². The zero-order chi connectivity index (χ0) is 22.7. The fourth-order valence-electron chi connectivity index (χ4n) is 6.68. The molecule has 0 N–H and O–H groups in total. The van der Waals surface area contributed by atoms with Crippen LogP contribution in [0.5, 0.6) is 0 Å². The summed E-state index contributed by atoms with van der Waals surface area (Å²) in [5.41, 5.74) is 11.8. The van der Waals surface area contributed by atoms with E-state index < -0.39 is 0 Å². The number of fused-ring (bicyclic) bond motifs is 9. The SMILES string of the molecule is c1cc2c3c(cccc3c1)-c1cc(-c3cccc4c3c3cccc5c6ccccc6n4c53)ccc1-2. The van der Waals surface area contributed by atoms with E-state index in [1.54, 1.807) is 0 Å². The average Bonchev–Trinajstić information content (AvgIpc) is 3.55. The number of aromatic nitrogens is 1. The lowest BCUT2D eigenvalue weighted by molar-refractivity contribution is 1.37. The molecule has 1 aliphatic carbocycles. The van der Waals surface area contributed by atoms with Gasteiger partial charge in [0.1, 0.15) is 0 Å². The van der Waals surface area contributed by atoms with Gasteiger partial charge in [-0.2, -0.15) is 0 Å². The minimum atomic E-state index is 1.28. The van der Waals surface area contributed by atoms with E-state index in [0.717, 1.165) is 0 Å². The molecule has 0 atom stereocenters. The van der Waals surface area contributed by atoms with Gasteiger partial charge in [0.05, 0.1) is 16.6 Å². The second kappa shape index (κ2) is 6.08. The monoisotopic (exact) mass is 441 g/mol.